The molecule has 3 rings (SSSR count). The summed E-state index contributed by atoms with van der Waals surface area (Å²) in [6.45, 7) is 1.86. The van der Waals surface area contributed by atoms with Crippen LogP contribution >= 0.6 is 22.9 Å². The minimum Gasteiger partial charge on any atom is -0.331 e. The van der Waals surface area contributed by atoms with Gasteiger partial charge in [-0.15, -0.1) is 0 Å². The number of thiazole rings is 1. The summed E-state index contributed by atoms with van der Waals surface area (Å²) in [7, 11) is -3.84. The smallest absolute Gasteiger partial charge is 0.269 e. The number of aromatic nitrogens is 1. The van der Waals surface area contributed by atoms with Crippen LogP contribution in [0.4, 0.5) is 16.5 Å². The molecule has 2 aromatic carbocycles. The summed E-state index contributed by atoms with van der Waals surface area (Å²) in [4.78, 5) is 14.4. The number of aryl methyl sites for hydroxylation is 1. The van der Waals surface area contributed by atoms with Gasteiger partial charge in [0.1, 0.15) is 4.34 Å². The Labute approximate surface area is 158 Å². The van der Waals surface area contributed by atoms with Gasteiger partial charge in [-0.25, -0.2) is 13.4 Å². The molecule has 1 aromatic heterocycles. The number of anilines is 2. The Kier molecular flexibility index (Phi) is 4.94. The quantitative estimate of drug-likeness (QED) is 0.488. The molecular formula is C16H12ClN3O4S2. The van der Waals surface area contributed by atoms with Gasteiger partial charge in [-0.2, -0.15) is 0 Å². The van der Waals surface area contributed by atoms with E-state index < -0.39 is 14.8 Å². The minimum atomic E-state index is -3.84. The van der Waals surface area contributed by atoms with Gasteiger partial charge < -0.3 is 5.32 Å². The molecule has 7 nitrogen and oxygen atoms in total. The maximum atomic E-state index is 12.7. The molecule has 10 heteroatoms. The SMILES string of the molecule is Cc1ccc(S(=O)(=O)c2nc(Nc3ccc([N+](=O)[O-])cc3)sc2Cl)cc1. The summed E-state index contributed by atoms with van der Waals surface area (Å²) in [6, 6.07) is 12.1. The first-order chi connectivity index (χ1) is 12.3. The van der Waals surface area contributed by atoms with Crippen molar-refractivity contribution in [1.82, 2.24) is 4.98 Å². The highest BCUT2D eigenvalue weighted by Crippen LogP contribution is 2.35. The second kappa shape index (κ2) is 7.02. The van der Waals surface area contributed by atoms with Crippen LogP contribution in [0.1, 0.15) is 5.56 Å². The Morgan fingerprint density at radius 2 is 1.73 bits per heavy atom. The third-order valence-electron chi connectivity index (χ3n) is 3.47. The number of non-ortho nitro benzene ring substituents is 1. The number of rotatable bonds is 5. The Hall–Kier alpha value is -2.49. The second-order valence-corrected chi connectivity index (χ2v) is 8.81. The van der Waals surface area contributed by atoms with Gasteiger partial charge in [0.15, 0.2) is 10.2 Å². The largest absolute Gasteiger partial charge is 0.331 e. The monoisotopic (exact) mass is 409 g/mol. The molecule has 134 valence electrons. The van der Waals surface area contributed by atoms with Crippen molar-refractivity contribution in [3.63, 3.8) is 0 Å². The van der Waals surface area contributed by atoms with Gasteiger partial charge in [0, 0.05) is 17.8 Å². The first-order valence-electron chi connectivity index (χ1n) is 7.27. The van der Waals surface area contributed by atoms with Crippen molar-refractivity contribution in [3.05, 3.63) is 68.5 Å². The number of sulfone groups is 1. The number of benzene rings is 2. The molecule has 0 radical (unpaired) electrons. The molecule has 0 saturated carbocycles. The third-order valence-corrected chi connectivity index (χ3v) is 6.58. The summed E-state index contributed by atoms with van der Waals surface area (Å²) in [5.41, 5.74) is 1.42. The van der Waals surface area contributed by atoms with Crippen LogP contribution in [0.3, 0.4) is 0 Å². The highest BCUT2D eigenvalue weighted by atomic mass is 35.5. The lowest BCUT2D eigenvalue weighted by molar-refractivity contribution is -0.384. The number of nitro groups is 1. The van der Waals surface area contributed by atoms with Gasteiger partial charge in [-0.05, 0) is 31.2 Å². The summed E-state index contributed by atoms with van der Waals surface area (Å²) in [5, 5.41) is 13.6. The predicted octanol–water partition coefficient (Wildman–Crippen LogP) is 4.59. The number of hydrogen-bond acceptors (Lipinski definition) is 7. The standard InChI is InChI=1S/C16H12ClN3O4S2/c1-10-2-8-13(9-3-10)26(23,24)15-14(17)25-16(19-15)18-11-4-6-12(7-5-11)20(21)22/h2-9H,1H3,(H,18,19). The van der Waals surface area contributed by atoms with Gasteiger partial charge in [-0.3, -0.25) is 10.1 Å². The van der Waals surface area contributed by atoms with E-state index in [1.54, 1.807) is 12.1 Å². The number of nitrogens with one attached hydrogen (secondary N) is 1. The molecule has 0 amide bonds. The van der Waals surface area contributed by atoms with Crippen LogP contribution < -0.4 is 5.32 Å². The second-order valence-electron chi connectivity index (χ2n) is 5.34. The fourth-order valence-corrected chi connectivity index (χ4v) is 4.95. The molecule has 0 aliphatic carbocycles. The number of halogens is 1. The van der Waals surface area contributed by atoms with E-state index in [-0.39, 0.29) is 25.1 Å². The van der Waals surface area contributed by atoms with Crippen LogP contribution in [0.5, 0.6) is 0 Å². The zero-order valence-corrected chi connectivity index (χ0v) is 15.7. The van der Waals surface area contributed by atoms with Crippen LogP contribution in [0.25, 0.3) is 0 Å². The van der Waals surface area contributed by atoms with Crippen LogP contribution in [0.15, 0.2) is 58.5 Å². The molecular weight excluding hydrogens is 398 g/mol. The van der Waals surface area contributed by atoms with E-state index in [1.165, 1.54) is 36.4 Å². The van der Waals surface area contributed by atoms with Gasteiger partial charge >= 0.3 is 0 Å². The van der Waals surface area contributed by atoms with Crippen LogP contribution in [-0.4, -0.2) is 18.3 Å². The van der Waals surface area contributed by atoms with Crippen molar-refractivity contribution in [2.75, 3.05) is 5.32 Å². The van der Waals surface area contributed by atoms with Crippen molar-refractivity contribution in [1.29, 1.82) is 0 Å². The summed E-state index contributed by atoms with van der Waals surface area (Å²) < 4.78 is 25.5. The first-order valence-corrected chi connectivity index (χ1v) is 9.95. The average molecular weight is 410 g/mol. The van der Waals surface area contributed by atoms with Crippen LogP contribution in [0.2, 0.25) is 4.34 Å². The van der Waals surface area contributed by atoms with E-state index in [2.05, 4.69) is 10.3 Å². The van der Waals surface area contributed by atoms with Gasteiger partial charge in [0.05, 0.1) is 9.82 Å². The van der Waals surface area contributed by atoms with E-state index in [1.807, 2.05) is 6.92 Å². The zero-order chi connectivity index (χ0) is 18.9. The summed E-state index contributed by atoms with van der Waals surface area (Å²) in [5.74, 6) is 0. The van der Waals surface area contributed by atoms with E-state index in [9.17, 15) is 18.5 Å². The lowest BCUT2D eigenvalue weighted by Crippen LogP contribution is -2.03. The maximum Gasteiger partial charge on any atom is 0.269 e. The maximum absolute atomic E-state index is 12.7. The third kappa shape index (κ3) is 3.69. The minimum absolute atomic E-state index is 0.0370. The molecule has 3 aromatic rings. The number of hydrogen-bond donors (Lipinski definition) is 1. The Morgan fingerprint density at radius 3 is 2.31 bits per heavy atom. The van der Waals surface area contributed by atoms with Crippen molar-refractivity contribution in [3.8, 4) is 0 Å². The zero-order valence-electron chi connectivity index (χ0n) is 13.3. The molecule has 0 bridgehead atoms. The van der Waals surface area contributed by atoms with E-state index >= 15 is 0 Å². The normalized spacial score (nSPS) is 11.3. The molecule has 0 spiro atoms. The van der Waals surface area contributed by atoms with E-state index in [0.717, 1.165) is 16.9 Å². The molecule has 1 N–H and O–H groups in total. The summed E-state index contributed by atoms with van der Waals surface area (Å²) >= 11 is 7.07. The molecule has 0 atom stereocenters. The van der Waals surface area contributed by atoms with Crippen molar-refractivity contribution < 1.29 is 13.3 Å². The van der Waals surface area contributed by atoms with Crippen LogP contribution in [-0.2, 0) is 9.84 Å². The van der Waals surface area contributed by atoms with Crippen molar-refractivity contribution in [2.45, 2.75) is 16.8 Å². The molecule has 1 heterocycles. The Balaban J connectivity index is 1.89. The lowest BCUT2D eigenvalue weighted by atomic mass is 10.2. The molecule has 0 saturated heterocycles. The first kappa shape index (κ1) is 18.3. The molecule has 0 aliphatic heterocycles. The Morgan fingerprint density at radius 1 is 1.12 bits per heavy atom. The predicted molar refractivity (Wildman–Crippen MR) is 100 cm³/mol. The molecule has 0 unspecified atom stereocenters. The van der Waals surface area contributed by atoms with Gasteiger partial charge in [-0.1, -0.05) is 40.6 Å². The van der Waals surface area contributed by atoms with Crippen LogP contribution in [0, 0.1) is 17.0 Å². The fourth-order valence-electron chi connectivity index (χ4n) is 2.13. The summed E-state index contributed by atoms with van der Waals surface area (Å²) in [6.07, 6.45) is 0. The number of nitrogens with zero attached hydrogens (tertiary/aromatic N) is 2. The lowest BCUT2D eigenvalue weighted by Gasteiger charge is -2.03. The van der Waals surface area contributed by atoms with E-state index in [0.29, 0.717) is 5.69 Å². The molecule has 0 fully saturated rings. The van der Waals surface area contributed by atoms with Gasteiger partial charge in [0.2, 0.25) is 9.84 Å². The Bertz CT molecular complexity index is 1060. The van der Waals surface area contributed by atoms with Gasteiger partial charge in [0.25, 0.3) is 5.69 Å². The molecule has 0 aliphatic rings. The molecule has 26 heavy (non-hydrogen) atoms. The number of nitro benzene ring substituents is 1. The highest BCUT2D eigenvalue weighted by Gasteiger charge is 2.25. The topological polar surface area (TPSA) is 102 Å². The average Bonchev–Trinajstić information content (AvgIpc) is 2.97. The highest BCUT2D eigenvalue weighted by molar-refractivity contribution is 7.91. The van der Waals surface area contributed by atoms with Crippen molar-refractivity contribution >= 4 is 49.3 Å². The van der Waals surface area contributed by atoms with E-state index in [4.69, 9.17) is 11.6 Å². The fraction of sp³-hybridized carbons (Fsp3) is 0.0625. The van der Waals surface area contributed by atoms with Crippen molar-refractivity contribution in [2.24, 2.45) is 0 Å².